The van der Waals surface area contributed by atoms with Crippen molar-refractivity contribution in [2.24, 2.45) is 5.16 Å². The number of rotatable bonds is 5. The van der Waals surface area contributed by atoms with Crippen molar-refractivity contribution in [1.29, 1.82) is 0 Å². The summed E-state index contributed by atoms with van der Waals surface area (Å²) in [5.74, 6) is 0.812. The fraction of sp³-hybridized carbons (Fsp3) is 0.417. The van der Waals surface area contributed by atoms with E-state index in [1.54, 1.807) is 7.11 Å². The van der Waals surface area contributed by atoms with Crippen LogP contribution in [0.5, 0.6) is 5.75 Å². The smallest absolute Gasteiger partial charge is 0.118 e. The molecule has 0 saturated carbocycles. The zero-order chi connectivity index (χ0) is 11.1. The third-order valence-electron chi connectivity index (χ3n) is 2.31. The molecular weight excluding hydrogens is 190 g/mol. The second-order valence-electron chi connectivity index (χ2n) is 3.38. The highest BCUT2D eigenvalue weighted by atomic mass is 16.5. The van der Waals surface area contributed by atoms with Crippen LogP contribution in [0.2, 0.25) is 0 Å². The van der Waals surface area contributed by atoms with Gasteiger partial charge in [-0.05, 0) is 42.7 Å². The molecular formula is C12H17NO2. The van der Waals surface area contributed by atoms with Crippen molar-refractivity contribution in [3.8, 4) is 5.75 Å². The quantitative estimate of drug-likeness (QED) is 0.458. The van der Waals surface area contributed by atoms with Crippen molar-refractivity contribution in [3.63, 3.8) is 0 Å². The van der Waals surface area contributed by atoms with E-state index in [9.17, 15) is 0 Å². The summed E-state index contributed by atoms with van der Waals surface area (Å²) in [7, 11) is 1.63. The zero-order valence-corrected chi connectivity index (χ0v) is 9.23. The lowest BCUT2D eigenvalue weighted by atomic mass is 10.0. The van der Waals surface area contributed by atoms with Gasteiger partial charge in [-0.3, -0.25) is 0 Å². The number of hydrogen-bond acceptors (Lipinski definition) is 3. The molecule has 0 spiro atoms. The van der Waals surface area contributed by atoms with E-state index < -0.39 is 0 Å². The van der Waals surface area contributed by atoms with Crippen LogP contribution in [0, 0.1) is 0 Å². The van der Waals surface area contributed by atoms with Gasteiger partial charge in [0, 0.05) is 0 Å². The van der Waals surface area contributed by atoms with Crippen molar-refractivity contribution < 1.29 is 9.94 Å². The maximum atomic E-state index is 8.89. The number of nitrogens with zero attached hydrogens (tertiary/aromatic N) is 1. The summed E-state index contributed by atoms with van der Waals surface area (Å²) in [4.78, 5) is 0. The maximum absolute atomic E-state index is 8.89. The number of unbranched alkanes of at least 4 members (excludes halogenated alkanes) is 1. The molecule has 0 radical (unpaired) electrons. The Kier molecular flexibility index (Phi) is 4.68. The van der Waals surface area contributed by atoms with Crippen LogP contribution in [0.15, 0.2) is 29.4 Å². The average molecular weight is 207 g/mol. The van der Waals surface area contributed by atoms with Crippen LogP contribution in [0.1, 0.15) is 31.7 Å². The second kappa shape index (κ2) is 6.06. The molecule has 0 fully saturated rings. The lowest BCUT2D eigenvalue weighted by Gasteiger charge is -2.05. The molecule has 0 bridgehead atoms. The molecule has 3 nitrogen and oxygen atoms in total. The first-order valence-electron chi connectivity index (χ1n) is 5.17. The van der Waals surface area contributed by atoms with Crippen molar-refractivity contribution in [1.82, 2.24) is 0 Å². The largest absolute Gasteiger partial charge is 0.497 e. The van der Waals surface area contributed by atoms with Gasteiger partial charge in [0.15, 0.2) is 0 Å². The monoisotopic (exact) mass is 207 g/mol. The lowest BCUT2D eigenvalue weighted by molar-refractivity contribution is 0.318. The van der Waals surface area contributed by atoms with E-state index in [0.29, 0.717) is 0 Å². The molecule has 0 aliphatic rings. The standard InChI is InChI=1S/C12H17NO2/c1-3-4-5-12(13-14)10-6-8-11(15-2)9-7-10/h6-9,14H,3-5H2,1-2H3. The summed E-state index contributed by atoms with van der Waals surface area (Å²) in [6.45, 7) is 2.11. The minimum atomic E-state index is 0.736. The summed E-state index contributed by atoms with van der Waals surface area (Å²) in [5.41, 5.74) is 1.69. The van der Waals surface area contributed by atoms with E-state index in [0.717, 1.165) is 36.3 Å². The lowest BCUT2D eigenvalue weighted by Crippen LogP contribution is -2.00. The van der Waals surface area contributed by atoms with Gasteiger partial charge >= 0.3 is 0 Å². The Labute approximate surface area is 90.4 Å². The van der Waals surface area contributed by atoms with Gasteiger partial charge in [0.2, 0.25) is 0 Å². The van der Waals surface area contributed by atoms with Crippen LogP contribution < -0.4 is 4.74 Å². The summed E-state index contributed by atoms with van der Waals surface area (Å²) >= 11 is 0. The van der Waals surface area contributed by atoms with E-state index in [2.05, 4.69) is 12.1 Å². The highest BCUT2D eigenvalue weighted by Crippen LogP contribution is 2.14. The molecule has 0 heterocycles. The average Bonchev–Trinajstić information content (AvgIpc) is 2.31. The summed E-state index contributed by atoms with van der Waals surface area (Å²) < 4.78 is 5.06. The van der Waals surface area contributed by atoms with Gasteiger partial charge in [-0.2, -0.15) is 0 Å². The molecule has 15 heavy (non-hydrogen) atoms. The maximum Gasteiger partial charge on any atom is 0.118 e. The molecule has 3 heteroatoms. The van der Waals surface area contributed by atoms with Crippen molar-refractivity contribution >= 4 is 5.71 Å². The molecule has 0 saturated heterocycles. The van der Waals surface area contributed by atoms with Gasteiger partial charge in [0.1, 0.15) is 5.75 Å². The van der Waals surface area contributed by atoms with Crippen LogP contribution in [-0.2, 0) is 0 Å². The molecule has 1 N–H and O–H groups in total. The van der Waals surface area contributed by atoms with Gasteiger partial charge in [-0.25, -0.2) is 0 Å². The molecule has 0 atom stereocenters. The normalized spacial score (nSPS) is 11.5. The topological polar surface area (TPSA) is 41.8 Å². The predicted octanol–water partition coefficient (Wildman–Crippen LogP) is 3.06. The molecule has 0 aromatic heterocycles. The summed E-state index contributed by atoms with van der Waals surface area (Å²) in [6.07, 6.45) is 2.93. The fourth-order valence-electron chi connectivity index (χ4n) is 1.38. The highest BCUT2D eigenvalue weighted by Gasteiger charge is 2.03. The van der Waals surface area contributed by atoms with Crippen LogP contribution in [0.4, 0.5) is 0 Å². The molecule has 1 rings (SSSR count). The van der Waals surface area contributed by atoms with Crippen LogP contribution in [0.25, 0.3) is 0 Å². The first kappa shape index (κ1) is 11.6. The number of oxime groups is 1. The molecule has 82 valence electrons. The molecule has 1 aromatic rings. The predicted molar refractivity (Wildman–Crippen MR) is 60.8 cm³/mol. The van der Waals surface area contributed by atoms with Gasteiger partial charge in [-0.15, -0.1) is 0 Å². The fourth-order valence-corrected chi connectivity index (χ4v) is 1.38. The minimum Gasteiger partial charge on any atom is -0.497 e. The van der Waals surface area contributed by atoms with Crippen LogP contribution in [0.3, 0.4) is 0 Å². The second-order valence-corrected chi connectivity index (χ2v) is 3.38. The Morgan fingerprint density at radius 3 is 2.47 bits per heavy atom. The van der Waals surface area contributed by atoms with Crippen molar-refractivity contribution in [2.45, 2.75) is 26.2 Å². The Morgan fingerprint density at radius 1 is 1.33 bits per heavy atom. The Morgan fingerprint density at radius 2 is 2.00 bits per heavy atom. The summed E-state index contributed by atoms with van der Waals surface area (Å²) in [5, 5.41) is 12.2. The van der Waals surface area contributed by atoms with E-state index >= 15 is 0 Å². The molecule has 0 unspecified atom stereocenters. The number of methoxy groups -OCH3 is 1. The number of hydrogen-bond donors (Lipinski definition) is 1. The number of benzene rings is 1. The number of ether oxygens (including phenoxy) is 1. The van der Waals surface area contributed by atoms with Gasteiger partial charge < -0.3 is 9.94 Å². The van der Waals surface area contributed by atoms with E-state index in [1.165, 1.54) is 0 Å². The molecule has 0 aliphatic heterocycles. The third kappa shape index (κ3) is 3.27. The zero-order valence-electron chi connectivity index (χ0n) is 9.23. The van der Waals surface area contributed by atoms with Crippen LogP contribution in [-0.4, -0.2) is 18.0 Å². The van der Waals surface area contributed by atoms with Gasteiger partial charge in [0.05, 0.1) is 12.8 Å². The Bertz CT molecular complexity index is 317. The molecule has 1 aromatic carbocycles. The minimum absolute atomic E-state index is 0.736. The van der Waals surface area contributed by atoms with Crippen molar-refractivity contribution in [2.75, 3.05) is 7.11 Å². The van der Waals surface area contributed by atoms with E-state index in [1.807, 2.05) is 24.3 Å². The van der Waals surface area contributed by atoms with Crippen molar-refractivity contribution in [3.05, 3.63) is 29.8 Å². The van der Waals surface area contributed by atoms with Gasteiger partial charge in [-0.1, -0.05) is 18.5 Å². The SMILES string of the molecule is CCCCC(=NO)c1ccc(OC)cc1. The van der Waals surface area contributed by atoms with E-state index in [-0.39, 0.29) is 0 Å². The third-order valence-corrected chi connectivity index (χ3v) is 2.31. The highest BCUT2D eigenvalue weighted by molar-refractivity contribution is 6.00. The molecule has 0 amide bonds. The Balaban J connectivity index is 2.75. The first-order chi connectivity index (χ1) is 7.31. The van der Waals surface area contributed by atoms with Gasteiger partial charge in [0.25, 0.3) is 0 Å². The first-order valence-corrected chi connectivity index (χ1v) is 5.17. The summed E-state index contributed by atoms with van der Waals surface area (Å²) in [6, 6.07) is 7.55. The van der Waals surface area contributed by atoms with Crippen LogP contribution >= 0.6 is 0 Å². The van der Waals surface area contributed by atoms with E-state index in [4.69, 9.17) is 9.94 Å². The molecule has 0 aliphatic carbocycles. The Hall–Kier alpha value is -1.51.